The summed E-state index contributed by atoms with van der Waals surface area (Å²) in [6, 6.07) is 0. The van der Waals surface area contributed by atoms with Gasteiger partial charge in [-0.3, -0.25) is 9.59 Å². The Labute approximate surface area is 103 Å². The summed E-state index contributed by atoms with van der Waals surface area (Å²) in [5, 5.41) is 8.58. The highest BCUT2D eigenvalue weighted by Crippen LogP contribution is 2.38. The Morgan fingerprint density at radius 1 is 1.24 bits per heavy atom. The average molecular weight is 241 g/mol. The second-order valence-corrected chi connectivity index (χ2v) is 5.51. The largest absolute Gasteiger partial charge is 0.481 e. The lowest BCUT2D eigenvalue weighted by molar-refractivity contribution is -0.138. The van der Waals surface area contributed by atoms with Crippen molar-refractivity contribution in [2.24, 2.45) is 5.41 Å². The molecule has 1 fully saturated rings. The molecular weight excluding hydrogens is 218 g/mol. The van der Waals surface area contributed by atoms with Crippen molar-refractivity contribution in [2.75, 3.05) is 13.6 Å². The number of aliphatic carboxylic acids is 1. The van der Waals surface area contributed by atoms with E-state index in [-0.39, 0.29) is 17.7 Å². The summed E-state index contributed by atoms with van der Waals surface area (Å²) in [6.07, 6.45) is 6.52. The highest BCUT2D eigenvalue weighted by atomic mass is 16.4. The molecule has 0 aromatic heterocycles. The monoisotopic (exact) mass is 241 g/mol. The molecular formula is C13H23NO3. The van der Waals surface area contributed by atoms with E-state index in [1.807, 2.05) is 0 Å². The molecule has 0 aliphatic heterocycles. The molecule has 0 spiro atoms. The summed E-state index contributed by atoms with van der Waals surface area (Å²) in [5.74, 6) is -0.774. The minimum Gasteiger partial charge on any atom is -0.481 e. The third kappa shape index (κ3) is 4.75. The fourth-order valence-corrected chi connectivity index (χ4v) is 2.47. The highest BCUT2D eigenvalue weighted by molar-refractivity contribution is 5.77. The third-order valence-electron chi connectivity index (χ3n) is 3.73. The molecule has 4 heteroatoms. The molecule has 0 saturated heterocycles. The standard InChI is InChI=1S/C13H23NO3/c1-13(7-4-3-5-8-13)10-11(15)14(2)9-6-12(16)17/h3-10H2,1-2H3,(H,16,17). The predicted molar refractivity (Wildman–Crippen MR) is 65.7 cm³/mol. The average Bonchev–Trinajstić information content (AvgIpc) is 2.26. The SMILES string of the molecule is CN(CCC(=O)O)C(=O)CC1(C)CCCCC1. The van der Waals surface area contributed by atoms with Crippen molar-refractivity contribution in [1.29, 1.82) is 0 Å². The number of carbonyl (C=O) groups is 2. The first-order chi connectivity index (χ1) is 7.93. The Morgan fingerprint density at radius 3 is 2.35 bits per heavy atom. The Kier molecular flexibility index (Phi) is 4.97. The summed E-state index contributed by atoms with van der Waals surface area (Å²) in [6.45, 7) is 2.49. The van der Waals surface area contributed by atoms with Gasteiger partial charge in [0, 0.05) is 20.0 Å². The summed E-state index contributed by atoms with van der Waals surface area (Å²) >= 11 is 0. The summed E-state index contributed by atoms with van der Waals surface area (Å²) in [5.41, 5.74) is 0.132. The molecule has 1 amide bonds. The molecule has 98 valence electrons. The Morgan fingerprint density at radius 2 is 1.82 bits per heavy atom. The molecule has 0 aromatic rings. The predicted octanol–water partition coefficient (Wildman–Crippen LogP) is 2.28. The van der Waals surface area contributed by atoms with Crippen LogP contribution in [-0.4, -0.2) is 35.5 Å². The van der Waals surface area contributed by atoms with E-state index in [1.165, 1.54) is 19.3 Å². The number of carboxylic acids is 1. The van der Waals surface area contributed by atoms with Gasteiger partial charge in [-0.25, -0.2) is 0 Å². The number of hydrogen-bond acceptors (Lipinski definition) is 2. The third-order valence-corrected chi connectivity index (χ3v) is 3.73. The van der Waals surface area contributed by atoms with Gasteiger partial charge in [0.15, 0.2) is 0 Å². The highest BCUT2D eigenvalue weighted by Gasteiger charge is 2.30. The molecule has 17 heavy (non-hydrogen) atoms. The van der Waals surface area contributed by atoms with Crippen LogP contribution < -0.4 is 0 Å². The van der Waals surface area contributed by atoms with Crippen LogP contribution in [-0.2, 0) is 9.59 Å². The zero-order valence-electron chi connectivity index (χ0n) is 10.9. The van der Waals surface area contributed by atoms with Gasteiger partial charge >= 0.3 is 5.97 Å². The maximum Gasteiger partial charge on any atom is 0.305 e. The van der Waals surface area contributed by atoms with Crippen molar-refractivity contribution in [2.45, 2.75) is 51.9 Å². The molecule has 1 aliphatic carbocycles. The van der Waals surface area contributed by atoms with Gasteiger partial charge in [-0.2, -0.15) is 0 Å². The van der Waals surface area contributed by atoms with E-state index < -0.39 is 5.97 Å². The van der Waals surface area contributed by atoms with Gasteiger partial charge in [-0.1, -0.05) is 26.2 Å². The molecule has 0 unspecified atom stereocenters. The minimum absolute atomic E-state index is 0.0267. The molecule has 0 radical (unpaired) electrons. The van der Waals surface area contributed by atoms with Crippen LogP contribution in [0.5, 0.6) is 0 Å². The lowest BCUT2D eigenvalue weighted by Gasteiger charge is -2.34. The lowest BCUT2D eigenvalue weighted by atomic mass is 9.73. The zero-order chi connectivity index (χ0) is 12.9. The van der Waals surface area contributed by atoms with Crippen molar-refractivity contribution >= 4 is 11.9 Å². The second-order valence-electron chi connectivity index (χ2n) is 5.51. The lowest BCUT2D eigenvalue weighted by Crippen LogP contribution is -2.34. The first-order valence-electron chi connectivity index (χ1n) is 6.39. The van der Waals surface area contributed by atoms with Crippen molar-refractivity contribution in [3.63, 3.8) is 0 Å². The Balaban J connectivity index is 2.39. The van der Waals surface area contributed by atoms with Crippen LogP contribution >= 0.6 is 0 Å². The number of amides is 1. The second kappa shape index (κ2) is 6.03. The Hall–Kier alpha value is -1.06. The topological polar surface area (TPSA) is 57.6 Å². The number of carboxylic acid groups (broad SMARTS) is 1. The van der Waals surface area contributed by atoms with Crippen LogP contribution in [0.25, 0.3) is 0 Å². The fraction of sp³-hybridized carbons (Fsp3) is 0.846. The molecule has 1 N–H and O–H groups in total. The van der Waals surface area contributed by atoms with E-state index in [1.54, 1.807) is 11.9 Å². The summed E-state index contributed by atoms with van der Waals surface area (Å²) < 4.78 is 0. The molecule has 0 aromatic carbocycles. The van der Waals surface area contributed by atoms with Crippen LogP contribution in [0.3, 0.4) is 0 Å². The quantitative estimate of drug-likeness (QED) is 0.803. The molecule has 1 aliphatic rings. The van der Waals surface area contributed by atoms with Gasteiger partial charge in [-0.15, -0.1) is 0 Å². The first-order valence-corrected chi connectivity index (χ1v) is 6.39. The Bertz CT molecular complexity index is 282. The number of hydrogen-bond donors (Lipinski definition) is 1. The van der Waals surface area contributed by atoms with E-state index in [2.05, 4.69) is 6.92 Å². The molecule has 0 bridgehead atoms. The van der Waals surface area contributed by atoms with Crippen LogP contribution in [0.2, 0.25) is 0 Å². The van der Waals surface area contributed by atoms with Gasteiger partial charge in [0.25, 0.3) is 0 Å². The van der Waals surface area contributed by atoms with Gasteiger partial charge in [0.2, 0.25) is 5.91 Å². The van der Waals surface area contributed by atoms with Crippen molar-refractivity contribution < 1.29 is 14.7 Å². The summed E-state index contributed by atoms with van der Waals surface area (Å²) in [4.78, 5) is 24.0. The van der Waals surface area contributed by atoms with Crippen LogP contribution in [0, 0.1) is 5.41 Å². The van der Waals surface area contributed by atoms with Gasteiger partial charge in [0.1, 0.15) is 0 Å². The van der Waals surface area contributed by atoms with E-state index >= 15 is 0 Å². The number of rotatable bonds is 5. The normalized spacial score (nSPS) is 18.7. The zero-order valence-corrected chi connectivity index (χ0v) is 10.9. The van der Waals surface area contributed by atoms with E-state index in [0.29, 0.717) is 13.0 Å². The molecule has 0 atom stereocenters. The molecule has 4 nitrogen and oxygen atoms in total. The van der Waals surface area contributed by atoms with Gasteiger partial charge in [0.05, 0.1) is 6.42 Å². The minimum atomic E-state index is -0.853. The van der Waals surface area contributed by atoms with Crippen molar-refractivity contribution in [3.05, 3.63) is 0 Å². The molecule has 1 saturated carbocycles. The molecule has 0 heterocycles. The van der Waals surface area contributed by atoms with Crippen LogP contribution in [0.1, 0.15) is 51.9 Å². The van der Waals surface area contributed by atoms with Crippen LogP contribution in [0.15, 0.2) is 0 Å². The maximum absolute atomic E-state index is 12.0. The van der Waals surface area contributed by atoms with E-state index in [9.17, 15) is 9.59 Å². The summed E-state index contributed by atoms with van der Waals surface area (Å²) in [7, 11) is 1.69. The van der Waals surface area contributed by atoms with Crippen molar-refractivity contribution in [1.82, 2.24) is 4.90 Å². The van der Waals surface area contributed by atoms with Gasteiger partial charge < -0.3 is 10.0 Å². The number of nitrogens with zero attached hydrogens (tertiary/aromatic N) is 1. The van der Waals surface area contributed by atoms with E-state index in [0.717, 1.165) is 12.8 Å². The smallest absolute Gasteiger partial charge is 0.305 e. The first kappa shape index (κ1) is 14.0. The fourth-order valence-electron chi connectivity index (χ4n) is 2.47. The number of carbonyl (C=O) groups excluding carboxylic acids is 1. The van der Waals surface area contributed by atoms with E-state index in [4.69, 9.17) is 5.11 Å². The van der Waals surface area contributed by atoms with Crippen LogP contribution in [0.4, 0.5) is 0 Å². The van der Waals surface area contributed by atoms with Gasteiger partial charge in [-0.05, 0) is 18.3 Å². The van der Waals surface area contributed by atoms with Crippen molar-refractivity contribution in [3.8, 4) is 0 Å². The maximum atomic E-state index is 12.0. The molecule has 1 rings (SSSR count).